The average molecular weight is 277 g/mol. The Labute approximate surface area is 117 Å². The lowest BCUT2D eigenvalue weighted by Crippen LogP contribution is -2.34. The summed E-state index contributed by atoms with van der Waals surface area (Å²) in [5.74, 6) is -0.487. The Bertz CT molecular complexity index is 481. The zero-order valence-corrected chi connectivity index (χ0v) is 11.5. The van der Waals surface area contributed by atoms with E-state index in [1.165, 1.54) is 44.0 Å². The molecule has 0 atom stereocenters. The number of nitrogens with one attached hydrogen (secondary N) is 1. The zero-order valence-electron chi connectivity index (χ0n) is 11.5. The van der Waals surface area contributed by atoms with Crippen molar-refractivity contribution >= 4 is 17.7 Å². The number of carboxylic acids is 1. The fraction of sp³-hybridized carbons (Fsp3) is 0.500. The van der Waals surface area contributed by atoms with Crippen molar-refractivity contribution in [1.82, 2.24) is 9.88 Å². The van der Waals surface area contributed by atoms with E-state index >= 15 is 0 Å². The molecule has 2 amide bonds. The van der Waals surface area contributed by atoms with E-state index in [4.69, 9.17) is 5.11 Å². The fourth-order valence-electron chi connectivity index (χ4n) is 2.48. The quantitative estimate of drug-likeness (QED) is 0.885. The van der Waals surface area contributed by atoms with Crippen molar-refractivity contribution < 1.29 is 14.7 Å². The molecule has 1 saturated carbocycles. The molecule has 108 valence electrons. The van der Waals surface area contributed by atoms with Gasteiger partial charge in [0.2, 0.25) is 0 Å². The van der Waals surface area contributed by atoms with Gasteiger partial charge in [0.15, 0.2) is 0 Å². The largest absolute Gasteiger partial charge is 0.477 e. The molecule has 0 spiro atoms. The number of nitrogens with zero attached hydrogens (tertiary/aromatic N) is 2. The first kappa shape index (κ1) is 14.3. The molecule has 0 bridgehead atoms. The monoisotopic (exact) mass is 277 g/mol. The maximum atomic E-state index is 12.0. The van der Waals surface area contributed by atoms with Crippen LogP contribution in [0, 0.1) is 5.92 Å². The topological polar surface area (TPSA) is 82.5 Å². The highest BCUT2D eigenvalue weighted by Crippen LogP contribution is 2.25. The van der Waals surface area contributed by atoms with Gasteiger partial charge in [-0.1, -0.05) is 12.8 Å². The standard InChI is InChI=1S/C14H19N3O3/c1-17(9-10-4-2-3-5-10)14(20)16-11-6-7-12(13(18)19)15-8-11/h6-8,10H,2-5,9H2,1H3,(H,16,20)(H,18,19). The SMILES string of the molecule is CN(CC1CCCC1)C(=O)Nc1ccc(C(=O)O)nc1. The number of aromatic carboxylic acids is 1. The van der Waals surface area contributed by atoms with E-state index in [9.17, 15) is 9.59 Å². The average Bonchev–Trinajstić information content (AvgIpc) is 2.92. The van der Waals surface area contributed by atoms with E-state index in [1.54, 1.807) is 11.9 Å². The fourth-order valence-corrected chi connectivity index (χ4v) is 2.48. The van der Waals surface area contributed by atoms with Gasteiger partial charge in [-0.25, -0.2) is 14.6 Å². The first-order chi connectivity index (χ1) is 9.56. The number of anilines is 1. The van der Waals surface area contributed by atoms with Crippen LogP contribution in [0.5, 0.6) is 0 Å². The Hall–Kier alpha value is -2.11. The minimum Gasteiger partial charge on any atom is -0.477 e. The molecule has 6 nitrogen and oxygen atoms in total. The summed E-state index contributed by atoms with van der Waals surface area (Å²) >= 11 is 0. The molecular formula is C14H19N3O3. The summed E-state index contributed by atoms with van der Waals surface area (Å²) in [6.07, 6.45) is 6.23. The van der Waals surface area contributed by atoms with E-state index < -0.39 is 5.97 Å². The van der Waals surface area contributed by atoms with Crippen molar-refractivity contribution in [2.45, 2.75) is 25.7 Å². The molecule has 0 aromatic carbocycles. The molecule has 20 heavy (non-hydrogen) atoms. The molecule has 1 aliphatic rings. The maximum absolute atomic E-state index is 12.0. The summed E-state index contributed by atoms with van der Waals surface area (Å²) in [6, 6.07) is 2.72. The Morgan fingerprint density at radius 3 is 2.65 bits per heavy atom. The first-order valence-corrected chi connectivity index (χ1v) is 6.77. The van der Waals surface area contributed by atoms with Gasteiger partial charge >= 0.3 is 12.0 Å². The molecule has 0 unspecified atom stereocenters. The normalized spacial score (nSPS) is 15.1. The second kappa shape index (κ2) is 6.36. The number of aromatic nitrogens is 1. The summed E-state index contributed by atoms with van der Waals surface area (Å²) in [5.41, 5.74) is 0.459. The van der Waals surface area contributed by atoms with Gasteiger partial charge in [0, 0.05) is 13.6 Å². The van der Waals surface area contributed by atoms with Gasteiger partial charge in [-0.05, 0) is 30.9 Å². The number of rotatable bonds is 4. The minimum atomic E-state index is -1.08. The molecule has 1 aromatic rings. The van der Waals surface area contributed by atoms with Crippen LogP contribution in [0.2, 0.25) is 0 Å². The van der Waals surface area contributed by atoms with Gasteiger partial charge in [-0.2, -0.15) is 0 Å². The number of urea groups is 1. The molecule has 2 N–H and O–H groups in total. The molecule has 0 radical (unpaired) electrons. The van der Waals surface area contributed by atoms with Crippen LogP contribution < -0.4 is 5.32 Å². The van der Waals surface area contributed by atoms with Crippen molar-refractivity contribution in [1.29, 1.82) is 0 Å². The number of carbonyl (C=O) groups excluding carboxylic acids is 1. The molecule has 0 aliphatic heterocycles. The van der Waals surface area contributed by atoms with Crippen molar-refractivity contribution in [3.05, 3.63) is 24.0 Å². The van der Waals surface area contributed by atoms with Crippen LogP contribution in [0.4, 0.5) is 10.5 Å². The predicted octanol–water partition coefficient (Wildman–Crippen LogP) is 2.43. The van der Waals surface area contributed by atoms with Crippen LogP contribution in [-0.4, -0.2) is 40.6 Å². The molecule has 0 saturated heterocycles. The molecule has 2 rings (SSSR count). The number of hydrogen-bond donors (Lipinski definition) is 2. The Morgan fingerprint density at radius 1 is 1.40 bits per heavy atom. The highest BCUT2D eigenvalue weighted by molar-refractivity contribution is 5.90. The van der Waals surface area contributed by atoms with Crippen LogP contribution in [0.25, 0.3) is 0 Å². The van der Waals surface area contributed by atoms with Crippen molar-refractivity contribution in [3.63, 3.8) is 0 Å². The van der Waals surface area contributed by atoms with Crippen LogP contribution in [-0.2, 0) is 0 Å². The lowest BCUT2D eigenvalue weighted by atomic mass is 10.1. The second-order valence-electron chi connectivity index (χ2n) is 5.20. The van der Waals surface area contributed by atoms with Crippen LogP contribution >= 0.6 is 0 Å². The number of amides is 2. The van der Waals surface area contributed by atoms with Gasteiger partial charge in [-0.15, -0.1) is 0 Å². The molecule has 1 heterocycles. The first-order valence-electron chi connectivity index (χ1n) is 6.77. The molecule has 1 fully saturated rings. The van der Waals surface area contributed by atoms with E-state index in [2.05, 4.69) is 10.3 Å². The molecule has 1 aromatic heterocycles. The maximum Gasteiger partial charge on any atom is 0.354 e. The Kier molecular flexibility index (Phi) is 4.55. The van der Waals surface area contributed by atoms with Crippen LogP contribution in [0.15, 0.2) is 18.3 Å². The van der Waals surface area contributed by atoms with E-state index in [1.807, 2.05) is 0 Å². The summed E-state index contributed by atoms with van der Waals surface area (Å²) in [6.45, 7) is 0.756. The van der Waals surface area contributed by atoms with Crippen molar-refractivity contribution in [2.75, 3.05) is 18.9 Å². The van der Waals surface area contributed by atoms with Gasteiger partial charge in [0.1, 0.15) is 5.69 Å². The van der Waals surface area contributed by atoms with Gasteiger partial charge in [-0.3, -0.25) is 0 Å². The Balaban J connectivity index is 1.87. The van der Waals surface area contributed by atoms with Gasteiger partial charge in [0.25, 0.3) is 0 Å². The second-order valence-corrected chi connectivity index (χ2v) is 5.20. The highest BCUT2D eigenvalue weighted by Gasteiger charge is 2.19. The van der Waals surface area contributed by atoms with Crippen molar-refractivity contribution in [2.24, 2.45) is 5.92 Å². The van der Waals surface area contributed by atoms with Gasteiger partial charge < -0.3 is 15.3 Å². The number of carbonyl (C=O) groups is 2. The summed E-state index contributed by atoms with van der Waals surface area (Å²) in [5, 5.41) is 11.5. The third-order valence-corrected chi connectivity index (χ3v) is 3.59. The van der Waals surface area contributed by atoms with E-state index in [0.29, 0.717) is 11.6 Å². The molecule has 6 heteroatoms. The predicted molar refractivity (Wildman–Crippen MR) is 74.8 cm³/mol. The van der Waals surface area contributed by atoms with Crippen molar-refractivity contribution in [3.8, 4) is 0 Å². The lowest BCUT2D eigenvalue weighted by Gasteiger charge is -2.21. The Morgan fingerprint density at radius 2 is 2.10 bits per heavy atom. The van der Waals surface area contributed by atoms with Gasteiger partial charge in [0.05, 0.1) is 11.9 Å². The smallest absolute Gasteiger partial charge is 0.354 e. The summed E-state index contributed by atoms with van der Waals surface area (Å²) in [7, 11) is 1.77. The van der Waals surface area contributed by atoms with Crippen LogP contribution in [0.3, 0.4) is 0 Å². The third-order valence-electron chi connectivity index (χ3n) is 3.59. The number of carboxylic acid groups (broad SMARTS) is 1. The third kappa shape index (κ3) is 3.69. The zero-order chi connectivity index (χ0) is 14.5. The highest BCUT2D eigenvalue weighted by atomic mass is 16.4. The minimum absolute atomic E-state index is 0.0395. The van der Waals surface area contributed by atoms with Crippen LogP contribution in [0.1, 0.15) is 36.2 Å². The summed E-state index contributed by atoms with van der Waals surface area (Å²) < 4.78 is 0. The molecule has 1 aliphatic carbocycles. The number of pyridine rings is 1. The summed E-state index contributed by atoms with van der Waals surface area (Å²) in [4.78, 5) is 28.1. The van der Waals surface area contributed by atoms with E-state index in [0.717, 1.165) is 6.54 Å². The van der Waals surface area contributed by atoms with E-state index in [-0.39, 0.29) is 11.7 Å². The number of hydrogen-bond acceptors (Lipinski definition) is 3. The lowest BCUT2D eigenvalue weighted by molar-refractivity contribution is 0.0690. The molecular weight excluding hydrogens is 258 g/mol.